The van der Waals surface area contributed by atoms with E-state index in [1.807, 2.05) is 0 Å². The highest BCUT2D eigenvalue weighted by Gasteiger charge is 2.41. The van der Waals surface area contributed by atoms with E-state index < -0.39 is 8.07 Å². The van der Waals surface area contributed by atoms with Crippen LogP contribution in [0.4, 0.5) is 0 Å². The van der Waals surface area contributed by atoms with Crippen molar-refractivity contribution in [3.05, 3.63) is 255 Å². The zero-order chi connectivity index (χ0) is 41.7. The number of aromatic nitrogens is 2. The molecule has 0 aliphatic carbocycles. The maximum atomic E-state index is 2.50. The minimum Gasteiger partial charge on any atom is -0.309 e. The van der Waals surface area contributed by atoms with Crippen LogP contribution >= 0.6 is 0 Å². The van der Waals surface area contributed by atoms with E-state index >= 15 is 0 Å². The van der Waals surface area contributed by atoms with Gasteiger partial charge in [-0.15, -0.1) is 0 Å². The lowest BCUT2D eigenvalue weighted by Gasteiger charge is -2.34. The molecule has 0 atom stereocenters. The summed E-state index contributed by atoms with van der Waals surface area (Å²) in [5.74, 6) is 0. The molecular formula is C60H42N2Si. The van der Waals surface area contributed by atoms with Crippen LogP contribution in [0, 0.1) is 0 Å². The lowest BCUT2D eigenvalue weighted by Crippen LogP contribution is -2.74. The van der Waals surface area contributed by atoms with Crippen molar-refractivity contribution >= 4 is 72.4 Å². The molecular weight excluding hydrogens is 777 g/mol. The smallest absolute Gasteiger partial charge is 0.179 e. The summed E-state index contributed by atoms with van der Waals surface area (Å²) in [4.78, 5) is 0. The number of hydrogen-bond acceptors (Lipinski definition) is 0. The largest absolute Gasteiger partial charge is 0.309 e. The molecule has 0 aliphatic heterocycles. The van der Waals surface area contributed by atoms with Crippen molar-refractivity contribution in [2.45, 2.75) is 0 Å². The third-order valence-corrected chi connectivity index (χ3v) is 17.9. The fourth-order valence-electron chi connectivity index (χ4n) is 10.5. The SMILES string of the molecule is c1ccc(-c2ccccc2-c2cccc3c2c2ccccc2n3-c2cccc3c2c2ccccc2n3-c2ccc([Si](c3ccccc3)(c3ccccc3)c3ccccc3)cc2)cc1. The minimum absolute atomic E-state index is 1.14. The van der Waals surface area contributed by atoms with E-state index in [9.17, 15) is 0 Å². The fourth-order valence-corrected chi connectivity index (χ4v) is 15.2. The third-order valence-electron chi connectivity index (χ3n) is 13.1. The molecule has 0 amide bonds. The molecule has 0 spiro atoms. The van der Waals surface area contributed by atoms with Crippen LogP contribution in [0.15, 0.2) is 255 Å². The monoisotopic (exact) mass is 818 g/mol. The highest BCUT2D eigenvalue weighted by atomic mass is 28.3. The molecule has 10 aromatic carbocycles. The molecule has 0 aliphatic rings. The van der Waals surface area contributed by atoms with Crippen LogP contribution in [-0.2, 0) is 0 Å². The Balaban J connectivity index is 1.08. The van der Waals surface area contributed by atoms with Gasteiger partial charge in [-0.1, -0.05) is 212 Å². The Morgan fingerprint density at radius 2 is 0.667 bits per heavy atom. The third kappa shape index (κ3) is 5.78. The standard InChI is InChI=1S/C60H42N2Si/c1-5-21-43(22-6-1)49-29-13-14-30-50(49)51-33-19-36-56-59(51)52-31-15-18-35-55(52)62(56)58-38-20-37-57-60(58)53-32-16-17-34-54(53)61(57)44-39-41-48(42-40-44)63(45-23-7-2-8-24-45,46-25-9-3-10-26-46)47-27-11-4-12-28-47/h1-42H. The number of fused-ring (bicyclic) bond motifs is 6. The number of rotatable bonds is 8. The molecule has 0 N–H and O–H groups in total. The number of nitrogens with zero attached hydrogens (tertiary/aromatic N) is 2. The van der Waals surface area contributed by atoms with Crippen LogP contribution < -0.4 is 20.7 Å². The summed E-state index contributed by atoms with van der Waals surface area (Å²) < 4.78 is 4.96. The van der Waals surface area contributed by atoms with Crippen molar-refractivity contribution < 1.29 is 0 Å². The quantitative estimate of drug-likeness (QED) is 0.107. The molecule has 3 heteroatoms. The Kier molecular flexibility index (Phi) is 8.87. The van der Waals surface area contributed by atoms with E-state index in [0.29, 0.717) is 0 Å². The van der Waals surface area contributed by atoms with E-state index in [1.165, 1.54) is 92.3 Å². The summed E-state index contributed by atoms with van der Waals surface area (Å²) in [6.07, 6.45) is 0. The summed E-state index contributed by atoms with van der Waals surface area (Å²) in [5, 5.41) is 10.4. The van der Waals surface area contributed by atoms with Crippen LogP contribution in [-0.4, -0.2) is 17.2 Å². The van der Waals surface area contributed by atoms with E-state index in [2.05, 4.69) is 264 Å². The van der Waals surface area contributed by atoms with Crippen molar-refractivity contribution in [2.24, 2.45) is 0 Å². The maximum absolute atomic E-state index is 2.68. The molecule has 63 heavy (non-hydrogen) atoms. The molecule has 2 nitrogen and oxygen atoms in total. The highest BCUT2D eigenvalue weighted by Crippen LogP contribution is 2.44. The normalized spacial score (nSPS) is 11.8. The van der Waals surface area contributed by atoms with Gasteiger partial charge in [0.25, 0.3) is 0 Å². The Labute approximate surface area is 368 Å². The van der Waals surface area contributed by atoms with E-state index in [0.717, 1.165) is 5.69 Å². The highest BCUT2D eigenvalue weighted by molar-refractivity contribution is 7.19. The molecule has 12 rings (SSSR count). The van der Waals surface area contributed by atoms with Crippen LogP contribution in [0.3, 0.4) is 0 Å². The summed E-state index contributed by atoms with van der Waals surface area (Å²) in [7, 11) is -2.68. The number of hydrogen-bond donors (Lipinski definition) is 0. The van der Waals surface area contributed by atoms with E-state index in [4.69, 9.17) is 0 Å². The molecule has 0 saturated heterocycles. The van der Waals surface area contributed by atoms with E-state index in [-0.39, 0.29) is 0 Å². The van der Waals surface area contributed by atoms with Crippen molar-refractivity contribution in [3.63, 3.8) is 0 Å². The second kappa shape index (κ2) is 15.2. The first-order chi connectivity index (χ1) is 31.3. The second-order valence-corrected chi connectivity index (χ2v) is 20.2. The van der Waals surface area contributed by atoms with Gasteiger partial charge in [0, 0.05) is 27.2 Å². The lowest BCUT2D eigenvalue weighted by molar-refractivity contribution is 1.17. The molecule has 0 fully saturated rings. The van der Waals surface area contributed by atoms with Crippen molar-refractivity contribution in [1.82, 2.24) is 9.13 Å². The lowest BCUT2D eigenvalue weighted by atomic mass is 9.92. The van der Waals surface area contributed by atoms with Gasteiger partial charge in [0.1, 0.15) is 0 Å². The van der Waals surface area contributed by atoms with Gasteiger partial charge in [0.05, 0.1) is 27.8 Å². The first-order valence-electron chi connectivity index (χ1n) is 21.8. The van der Waals surface area contributed by atoms with Crippen LogP contribution in [0.25, 0.3) is 77.2 Å². The fraction of sp³-hybridized carbons (Fsp3) is 0. The maximum Gasteiger partial charge on any atom is 0.179 e. The van der Waals surface area contributed by atoms with Gasteiger partial charge < -0.3 is 9.13 Å². The Morgan fingerprint density at radius 1 is 0.254 bits per heavy atom. The molecule has 12 aromatic rings. The molecule has 2 aromatic heterocycles. The molecule has 0 bridgehead atoms. The zero-order valence-electron chi connectivity index (χ0n) is 34.6. The summed E-state index contributed by atoms with van der Waals surface area (Å²) in [5.41, 5.74) is 12.0. The predicted molar refractivity (Wildman–Crippen MR) is 270 cm³/mol. The van der Waals surface area contributed by atoms with Gasteiger partial charge >= 0.3 is 0 Å². The average molecular weight is 819 g/mol. The van der Waals surface area contributed by atoms with Gasteiger partial charge in [-0.25, -0.2) is 0 Å². The minimum atomic E-state index is -2.68. The second-order valence-electron chi connectivity index (χ2n) is 16.4. The summed E-state index contributed by atoms with van der Waals surface area (Å²) in [6, 6.07) is 94.0. The molecule has 0 saturated carbocycles. The molecule has 0 radical (unpaired) electrons. The first-order valence-corrected chi connectivity index (χ1v) is 23.8. The molecule has 2 heterocycles. The number of para-hydroxylation sites is 2. The van der Waals surface area contributed by atoms with Crippen molar-refractivity contribution in [3.8, 4) is 33.6 Å². The van der Waals surface area contributed by atoms with E-state index in [1.54, 1.807) is 0 Å². The average Bonchev–Trinajstić information content (AvgIpc) is 3.89. The molecule has 296 valence electrons. The predicted octanol–water partition coefficient (Wildman–Crippen LogP) is 12.6. The zero-order valence-corrected chi connectivity index (χ0v) is 35.6. The van der Waals surface area contributed by atoms with Crippen molar-refractivity contribution in [1.29, 1.82) is 0 Å². The van der Waals surface area contributed by atoms with Gasteiger partial charge in [0.15, 0.2) is 8.07 Å². The molecule has 0 unspecified atom stereocenters. The van der Waals surface area contributed by atoms with Crippen LogP contribution in [0.1, 0.15) is 0 Å². The summed E-state index contributed by atoms with van der Waals surface area (Å²) in [6.45, 7) is 0. The first kappa shape index (κ1) is 36.8. The topological polar surface area (TPSA) is 9.86 Å². The van der Waals surface area contributed by atoms with Gasteiger partial charge in [0.2, 0.25) is 0 Å². The number of benzene rings is 10. The Bertz CT molecular complexity index is 3490. The van der Waals surface area contributed by atoms with Crippen molar-refractivity contribution in [2.75, 3.05) is 0 Å². The van der Waals surface area contributed by atoms with Crippen LogP contribution in [0.2, 0.25) is 0 Å². The summed E-state index contributed by atoms with van der Waals surface area (Å²) >= 11 is 0. The van der Waals surface area contributed by atoms with Gasteiger partial charge in [-0.3, -0.25) is 0 Å². The Hall–Kier alpha value is -7.98. The van der Waals surface area contributed by atoms with Crippen LogP contribution in [0.5, 0.6) is 0 Å². The van der Waals surface area contributed by atoms with Gasteiger partial charge in [-0.2, -0.15) is 0 Å². The van der Waals surface area contributed by atoms with Gasteiger partial charge in [-0.05, 0) is 85.5 Å². The Morgan fingerprint density at radius 3 is 1.27 bits per heavy atom.